The van der Waals surface area contributed by atoms with Crippen LogP contribution in [0.1, 0.15) is 0 Å². The number of anilines is 1. The number of benzene rings is 3. The SMILES string of the molecule is CSc1ccc(S(=O)(=O)Nc2cccc3c([N+](=O)[O-])cccc23)cc1. The highest BCUT2D eigenvalue weighted by Gasteiger charge is 2.18. The summed E-state index contributed by atoms with van der Waals surface area (Å²) in [6, 6.07) is 15.9. The largest absolute Gasteiger partial charge is 0.279 e. The third kappa shape index (κ3) is 3.45. The molecule has 0 aliphatic carbocycles. The predicted molar refractivity (Wildman–Crippen MR) is 99.6 cm³/mol. The number of thioether (sulfide) groups is 1. The van der Waals surface area contributed by atoms with E-state index in [1.165, 1.54) is 36.0 Å². The molecule has 3 rings (SSSR count). The van der Waals surface area contributed by atoms with Gasteiger partial charge in [-0.15, -0.1) is 11.8 Å². The standard InChI is InChI=1S/C17H14N2O4S2/c1-24-12-8-10-13(11-9-12)25(22,23)18-16-6-2-5-15-14(16)4-3-7-17(15)19(20)21/h2-11,18H,1H3. The first-order chi connectivity index (χ1) is 11.9. The van der Waals surface area contributed by atoms with Crippen molar-refractivity contribution in [1.82, 2.24) is 0 Å². The van der Waals surface area contributed by atoms with E-state index in [0.717, 1.165) is 4.90 Å². The minimum atomic E-state index is -3.79. The van der Waals surface area contributed by atoms with Crippen LogP contribution in [0.3, 0.4) is 0 Å². The zero-order chi connectivity index (χ0) is 18.0. The number of nitro groups is 1. The van der Waals surface area contributed by atoms with Gasteiger partial charge in [-0.1, -0.05) is 18.2 Å². The summed E-state index contributed by atoms with van der Waals surface area (Å²) in [4.78, 5) is 11.8. The Balaban J connectivity index is 2.05. The summed E-state index contributed by atoms with van der Waals surface area (Å²) < 4.78 is 27.7. The van der Waals surface area contributed by atoms with Crippen molar-refractivity contribution in [3.05, 3.63) is 70.8 Å². The molecule has 0 bridgehead atoms. The van der Waals surface area contributed by atoms with E-state index in [9.17, 15) is 18.5 Å². The molecule has 0 atom stereocenters. The lowest BCUT2D eigenvalue weighted by Gasteiger charge is -2.11. The molecule has 3 aromatic rings. The van der Waals surface area contributed by atoms with Gasteiger partial charge in [0.1, 0.15) is 0 Å². The number of fused-ring (bicyclic) bond motifs is 1. The van der Waals surface area contributed by atoms with E-state index in [-0.39, 0.29) is 10.6 Å². The minimum absolute atomic E-state index is 0.0668. The van der Waals surface area contributed by atoms with Crippen LogP contribution in [-0.2, 0) is 10.0 Å². The van der Waals surface area contributed by atoms with Crippen LogP contribution in [0.4, 0.5) is 11.4 Å². The lowest BCUT2D eigenvalue weighted by atomic mass is 10.1. The van der Waals surface area contributed by atoms with E-state index in [0.29, 0.717) is 16.5 Å². The number of nitrogens with one attached hydrogen (secondary N) is 1. The smallest absolute Gasteiger partial charge is 0.277 e. The predicted octanol–water partition coefficient (Wildman–Crippen LogP) is 4.27. The van der Waals surface area contributed by atoms with Gasteiger partial charge in [-0.05, 0) is 42.7 Å². The molecule has 0 spiro atoms. The van der Waals surface area contributed by atoms with Crippen LogP contribution >= 0.6 is 11.8 Å². The van der Waals surface area contributed by atoms with E-state index in [2.05, 4.69) is 4.72 Å². The zero-order valence-electron chi connectivity index (χ0n) is 13.2. The van der Waals surface area contributed by atoms with Crippen LogP contribution < -0.4 is 4.72 Å². The minimum Gasteiger partial charge on any atom is -0.279 e. The van der Waals surface area contributed by atoms with Gasteiger partial charge in [0.05, 0.1) is 20.9 Å². The van der Waals surface area contributed by atoms with Gasteiger partial charge in [-0.25, -0.2) is 8.42 Å². The van der Waals surface area contributed by atoms with E-state index in [1.54, 1.807) is 36.4 Å². The van der Waals surface area contributed by atoms with Gasteiger partial charge in [0, 0.05) is 16.3 Å². The first kappa shape index (κ1) is 17.2. The molecule has 128 valence electrons. The summed E-state index contributed by atoms with van der Waals surface area (Å²) in [6.45, 7) is 0. The Bertz CT molecular complexity index is 1050. The summed E-state index contributed by atoms with van der Waals surface area (Å²) in [5, 5.41) is 12.0. The summed E-state index contributed by atoms with van der Waals surface area (Å²) in [5.74, 6) is 0. The van der Waals surface area contributed by atoms with Crippen LogP contribution in [0.15, 0.2) is 70.5 Å². The Hall–Kier alpha value is -2.58. The van der Waals surface area contributed by atoms with Gasteiger partial charge in [0.15, 0.2) is 0 Å². The molecular weight excluding hydrogens is 360 g/mol. The average molecular weight is 374 g/mol. The Morgan fingerprint density at radius 2 is 1.60 bits per heavy atom. The third-order valence-electron chi connectivity index (χ3n) is 3.71. The summed E-state index contributed by atoms with van der Waals surface area (Å²) in [5.41, 5.74) is 0.234. The number of sulfonamides is 1. The Morgan fingerprint density at radius 1 is 0.960 bits per heavy atom. The third-order valence-corrected chi connectivity index (χ3v) is 5.83. The summed E-state index contributed by atoms with van der Waals surface area (Å²) >= 11 is 1.52. The lowest BCUT2D eigenvalue weighted by molar-refractivity contribution is -0.383. The van der Waals surface area contributed by atoms with Crippen molar-refractivity contribution < 1.29 is 13.3 Å². The molecule has 6 nitrogen and oxygen atoms in total. The number of nitrogens with zero attached hydrogens (tertiary/aromatic N) is 1. The monoisotopic (exact) mass is 374 g/mol. The number of nitro benzene ring substituents is 1. The molecule has 1 N–H and O–H groups in total. The fraction of sp³-hybridized carbons (Fsp3) is 0.0588. The fourth-order valence-electron chi connectivity index (χ4n) is 2.50. The van der Waals surface area contributed by atoms with Crippen molar-refractivity contribution in [2.45, 2.75) is 9.79 Å². The van der Waals surface area contributed by atoms with Crippen molar-refractivity contribution in [1.29, 1.82) is 0 Å². The van der Waals surface area contributed by atoms with Crippen molar-refractivity contribution in [2.24, 2.45) is 0 Å². The number of rotatable bonds is 5. The summed E-state index contributed by atoms with van der Waals surface area (Å²) in [7, 11) is -3.79. The van der Waals surface area contributed by atoms with Gasteiger partial charge < -0.3 is 0 Å². The second kappa shape index (κ2) is 6.73. The quantitative estimate of drug-likeness (QED) is 0.409. The highest BCUT2D eigenvalue weighted by molar-refractivity contribution is 7.98. The molecule has 0 aromatic heterocycles. The molecule has 0 amide bonds. The second-order valence-electron chi connectivity index (χ2n) is 5.22. The van der Waals surface area contributed by atoms with E-state index in [4.69, 9.17) is 0 Å². The molecule has 25 heavy (non-hydrogen) atoms. The first-order valence-electron chi connectivity index (χ1n) is 7.25. The van der Waals surface area contributed by atoms with Crippen molar-refractivity contribution >= 4 is 43.9 Å². The normalized spacial score (nSPS) is 11.4. The second-order valence-corrected chi connectivity index (χ2v) is 7.78. The van der Waals surface area contributed by atoms with Crippen LogP contribution in [0.2, 0.25) is 0 Å². The van der Waals surface area contributed by atoms with Crippen LogP contribution in [0, 0.1) is 10.1 Å². The number of hydrogen-bond donors (Lipinski definition) is 1. The fourth-order valence-corrected chi connectivity index (χ4v) is 3.99. The van der Waals surface area contributed by atoms with Gasteiger partial charge in [-0.3, -0.25) is 14.8 Å². The number of non-ortho nitro benzene ring substituents is 1. The Kier molecular flexibility index (Phi) is 4.65. The van der Waals surface area contributed by atoms with Gasteiger partial charge in [-0.2, -0.15) is 0 Å². The molecule has 0 unspecified atom stereocenters. The summed E-state index contributed by atoms with van der Waals surface area (Å²) in [6.07, 6.45) is 1.91. The highest BCUT2D eigenvalue weighted by atomic mass is 32.2. The maximum Gasteiger partial charge on any atom is 0.277 e. The van der Waals surface area contributed by atoms with Crippen LogP contribution in [-0.4, -0.2) is 19.6 Å². The molecular formula is C17H14N2O4S2. The lowest BCUT2D eigenvalue weighted by Crippen LogP contribution is -2.13. The van der Waals surface area contributed by atoms with Gasteiger partial charge >= 0.3 is 0 Å². The van der Waals surface area contributed by atoms with Crippen molar-refractivity contribution in [3.63, 3.8) is 0 Å². The maximum atomic E-state index is 12.6. The number of hydrogen-bond acceptors (Lipinski definition) is 5. The molecule has 3 aromatic carbocycles. The molecule has 0 radical (unpaired) electrons. The topological polar surface area (TPSA) is 89.3 Å². The van der Waals surface area contributed by atoms with Crippen LogP contribution in [0.5, 0.6) is 0 Å². The zero-order valence-corrected chi connectivity index (χ0v) is 14.8. The average Bonchev–Trinajstić information content (AvgIpc) is 2.61. The molecule has 0 saturated heterocycles. The molecule has 8 heteroatoms. The van der Waals surface area contributed by atoms with Crippen LogP contribution in [0.25, 0.3) is 10.8 Å². The molecule has 0 aliphatic heterocycles. The molecule has 0 saturated carbocycles. The Labute approximate surface area is 149 Å². The van der Waals surface area contributed by atoms with Gasteiger partial charge in [0.2, 0.25) is 0 Å². The molecule has 0 heterocycles. The maximum absolute atomic E-state index is 12.6. The van der Waals surface area contributed by atoms with Gasteiger partial charge in [0.25, 0.3) is 15.7 Å². The van der Waals surface area contributed by atoms with Crippen molar-refractivity contribution in [3.8, 4) is 0 Å². The Morgan fingerprint density at radius 3 is 2.24 bits per heavy atom. The van der Waals surface area contributed by atoms with Crippen molar-refractivity contribution in [2.75, 3.05) is 11.0 Å². The van der Waals surface area contributed by atoms with E-state index in [1.807, 2.05) is 6.26 Å². The molecule has 0 aliphatic rings. The molecule has 0 fully saturated rings. The van der Waals surface area contributed by atoms with E-state index >= 15 is 0 Å². The first-order valence-corrected chi connectivity index (χ1v) is 9.96. The van der Waals surface area contributed by atoms with E-state index < -0.39 is 14.9 Å². The highest BCUT2D eigenvalue weighted by Crippen LogP contribution is 2.31.